The van der Waals surface area contributed by atoms with Gasteiger partial charge in [0.05, 0.1) is 30.0 Å². The van der Waals surface area contributed by atoms with Crippen LogP contribution in [0, 0.1) is 0 Å². The molecular weight excluding hydrogens is 260 g/mol. The highest BCUT2D eigenvalue weighted by Crippen LogP contribution is 2.21. The minimum atomic E-state index is -0.00401. The standard InChI is InChI=1S/C11H15ClN2O2S/c12-10-2-1-9(17-10)7-14-11(15)5-8-6-13-3-4-16-8/h1-2,8,13H,3-7H2,(H,14,15). The third-order valence-corrected chi connectivity index (χ3v) is 3.74. The molecule has 0 aromatic carbocycles. The molecule has 1 aromatic rings. The molecule has 0 radical (unpaired) electrons. The fraction of sp³-hybridized carbons (Fsp3) is 0.545. The Kier molecular flexibility index (Phi) is 4.79. The molecule has 1 aromatic heterocycles. The second-order valence-corrected chi connectivity index (χ2v) is 5.68. The molecule has 2 rings (SSSR count). The molecule has 1 aliphatic heterocycles. The predicted molar refractivity (Wildman–Crippen MR) is 68.4 cm³/mol. The summed E-state index contributed by atoms with van der Waals surface area (Å²) in [5.41, 5.74) is 0. The van der Waals surface area contributed by atoms with E-state index in [1.54, 1.807) is 0 Å². The lowest BCUT2D eigenvalue weighted by atomic mass is 10.2. The van der Waals surface area contributed by atoms with E-state index in [4.69, 9.17) is 16.3 Å². The molecule has 1 amide bonds. The second kappa shape index (κ2) is 6.35. The molecule has 1 atom stereocenters. The zero-order valence-electron chi connectivity index (χ0n) is 9.37. The van der Waals surface area contributed by atoms with E-state index in [-0.39, 0.29) is 12.0 Å². The minimum Gasteiger partial charge on any atom is -0.375 e. The molecule has 6 heteroatoms. The minimum absolute atomic E-state index is 0.00401. The van der Waals surface area contributed by atoms with E-state index < -0.39 is 0 Å². The Morgan fingerprint density at radius 1 is 1.65 bits per heavy atom. The van der Waals surface area contributed by atoms with Crippen LogP contribution >= 0.6 is 22.9 Å². The Morgan fingerprint density at radius 3 is 3.18 bits per heavy atom. The van der Waals surface area contributed by atoms with Crippen LogP contribution in [0.1, 0.15) is 11.3 Å². The van der Waals surface area contributed by atoms with Gasteiger partial charge in [0.15, 0.2) is 0 Å². The van der Waals surface area contributed by atoms with Gasteiger partial charge < -0.3 is 15.4 Å². The Morgan fingerprint density at radius 2 is 2.53 bits per heavy atom. The van der Waals surface area contributed by atoms with Crippen molar-refractivity contribution < 1.29 is 9.53 Å². The number of carbonyl (C=O) groups excluding carboxylic acids is 1. The number of halogens is 1. The van der Waals surface area contributed by atoms with Crippen LogP contribution in [-0.2, 0) is 16.1 Å². The summed E-state index contributed by atoms with van der Waals surface area (Å²) in [5.74, 6) is 0.0169. The van der Waals surface area contributed by atoms with Gasteiger partial charge in [0.1, 0.15) is 0 Å². The lowest BCUT2D eigenvalue weighted by Gasteiger charge is -2.22. The van der Waals surface area contributed by atoms with Gasteiger partial charge in [-0.3, -0.25) is 4.79 Å². The third-order valence-electron chi connectivity index (χ3n) is 2.51. The normalized spacial score (nSPS) is 20.2. The molecular formula is C11H15ClN2O2S. The van der Waals surface area contributed by atoms with E-state index in [0.717, 1.165) is 22.3 Å². The fourth-order valence-electron chi connectivity index (χ4n) is 1.66. The van der Waals surface area contributed by atoms with Crippen LogP contribution in [0.3, 0.4) is 0 Å². The Hall–Kier alpha value is -0.620. The van der Waals surface area contributed by atoms with Crippen molar-refractivity contribution in [3.63, 3.8) is 0 Å². The van der Waals surface area contributed by atoms with E-state index >= 15 is 0 Å². The first-order valence-electron chi connectivity index (χ1n) is 5.57. The summed E-state index contributed by atoms with van der Waals surface area (Å²) in [6.45, 7) is 2.83. The number of rotatable bonds is 4. The second-order valence-electron chi connectivity index (χ2n) is 3.88. The molecule has 1 saturated heterocycles. The smallest absolute Gasteiger partial charge is 0.222 e. The average Bonchev–Trinajstić information content (AvgIpc) is 2.74. The fourth-order valence-corrected chi connectivity index (χ4v) is 2.69. The van der Waals surface area contributed by atoms with E-state index in [0.29, 0.717) is 19.6 Å². The van der Waals surface area contributed by atoms with E-state index in [1.807, 2.05) is 12.1 Å². The molecule has 0 saturated carbocycles. The van der Waals surface area contributed by atoms with E-state index in [9.17, 15) is 4.79 Å². The highest BCUT2D eigenvalue weighted by molar-refractivity contribution is 7.16. The number of morpholine rings is 1. The molecule has 1 fully saturated rings. The average molecular weight is 275 g/mol. The summed E-state index contributed by atoms with van der Waals surface area (Å²) in [4.78, 5) is 12.7. The summed E-state index contributed by atoms with van der Waals surface area (Å²) in [6.07, 6.45) is 0.405. The zero-order chi connectivity index (χ0) is 12.1. The zero-order valence-corrected chi connectivity index (χ0v) is 10.9. The number of hydrogen-bond donors (Lipinski definition) is 2. The molecule has 4 nitrogen and oxygen atoms in total. The van der Waals surface area contributed by atoms with Crippen molar-refractivity contribution in [2.75, 3.05) is 19.7 Å². The number of hydrogen-bond acceptors (Lipinski definition) is 4. The molecule has 94 valence electrons. The Labute approximate surface area is 109 Å². The molecule has 0 spiro atoms. The van der Waals surface area contributed by atoms with Gasteiger partial charge in [-0.1, -0.05) is 11.6 Å². The van der Waals surface area contributed by atoms with Crippen molar-refractivity contribution >= 4 is 28.8 Å². The molecule has 0 aliphatic carbocycles. The van der Waals surface area contributed by atoms with Crippen LogP contribution in [0.25, 0.3) is 0 Å². The van der Waals surface area contributed by atoms with Crippen LogP contribution in [0.2, 0.25) is 4.34 Å². The van der Waals surface area contributed by atoms with Crippen LogP contribution in [-0.4, -0.2) is 31.7 Å². The van der Waals surface area contributed by atoms with Gasteiger partial charge in [0.25, 0.3) is 0 Å². The lowest BCUT2D eigenvalue weighted by Crippen LogP contribution is -2.41. The maximum Gasteiger partial charge on any atom is 0.222 e. The summed E-state index contributed by atoms with van der Waals surface area (Å²) >= 11 is 7.29. The Bertz CT molecular complexity index is 377. The molecule has 1 aliphatic rings. The van der Waals surface area contributed by atoms with Crippen LogP contribution in [0.5, 0.6) is 0 Å². The third kappa shape index (κ3) is 4.27. The highest BCUT2D eigenvalue weighted by Gasteiger charge is 2.17. The molecule has 2 N–H and O–H groups in total. The molecule has 17 heavy (non-hydrogen) atoms. The quantitative estimate of drug-likeness (QED) is 0.873. The van der Waals surface area contributed by atoms with Gasteiger partial charge in [-0.2, -0.15) is 0 Å². The lowest BCUT2D eigenvalue weighted by molar-refractivity contribution is -0.124. The summed E-state index contributed by atoms with van der Waals surface area (Å²) in [6, 6.07) is 3.76. The van der Waals surface area contributed by atoms with Crippen molar-refractivity contribution in [2.45, 2.75) is 19.1 Å². The number of thiophene rings is 1. The van der Waals surface area contributed by atoms with Crippen molar-refractivity contribution in [3.05, 3.63) is 21.3 Å². The number of nitrogens with one attached hydrogen (secondary N) is 2. The van der Waals surface area contributed by atoms with Crippen molar-refractivity contribution in [1.82, 2.24) is 10.6 Å². The first-order valence-corrected chi connectivity index (χ1v) is 6.77. The van der Waals surface area contributed by atoms with Gasteiger partial charge in [0, 0.05) is 18.0 Å². The van der Waals surface area contributed by atoms with Crippen LogP contribution in [0.15, 0.2) is 12.1 Å². The number of ether oxygens (including phenoxy) is 1. The largest absolute Gasteiger partial charge is 0.375 e. The SMILES string of the molecule is O=C(CC1CNCCO1)NCc1ccc(Cl)s1. The molecule has 1 unspecified atom stereocenters. The molecule has 2 heterocycles. The van der Waals surface area contributed by atoms with E-state index in [1.165, 1.54) is 11.3 Å². The van der Waals surface area contributed by atoms with Gasteiger partial charge in [-0.15, -0.1) is 11.3 Å². The summed E-state index contributed by atoms with van der Waals surface area (Å²) in [5, 5.41) is 6.06. The van der Waals surface area contributed by atoms with Crippen LogP contribution in [0.4, 0.5) is 0 Å². The van der Waals surface area contributed by atoms with Crippen LogP contribution < -0.4 is 10.6 Å². The first-order chi connectivity index (χ1) is 8.24. The maximum absolute atomic E-state index is 11.6. The van der Waals surface area contributed by atoms with E-state index in [2.05, 4.69) is 10.6 Å². The maximum atomic E-state index is 11.6. The summed E-state index contributed by atoms with van der Waals surface area (Å²) in [7, 11) is 0. The number of amides is 1. The number of carbonyl (C=O) groups is 1. The van der Waals surface area contributed by atoms with Crippen molar-refractivity contribution in [3.8, 4) is 0 Å². The molecule has 0 bridgehead atoms. The van der Waals surface area contributed by atoms with Gasteiger partial charge in [-0.05, 0) is 12.1 Å². The summed E-state index contributed by atoms with van der Waals surface area (Å²) < 4.78 is 6.21. The van der Waals surface area contributed by atoms with Crippen molar-refractivity contribution in [2.24, 2.45) is 0 Å². The van der Waals surface area contributed by atoms with Gasteiger partial charge >= 0.3 is 0 Å². The van der Waals surface area contributed by atoms with Gasteiger partial charge in [-0.25, -0.2) is 0 Å². The highest BCUT2D eigenvalue weighted by atomic mass is 35.5. The predicted octanol–water partition coefficient (Wildman–Crippen LogP) is 1.40. The van der Waals surface area contributed by atoms with Gasteiger partial charge in [0.2, 0.25) is 5.91 Å². The van der Waals surface area contributed by atoms with Crippen molar-refractivity contribution in [1.29, 1.82) is 0 Å². The Balaban J connectivity index is 1.70. The monoisotopic (exact) mass is 274 g/mol. The topological polar surface area (TPSA) is 50.4 Å². The first kappa shape index (κ1) is 12.8.